The molecule has 0 saturated carbocycles. The third-order valence-electron chi connectivity index (χ3n) is 2.33. The molecule has 2 fully saturated rings. The van der Waals surface area contributed by atoms with Gasteiger partial charge in [-0.3, -0.25) is 0 Å². The molecule has 0 aromatic carbocycles. The molecule has 4 nitrogen and oxygen atoms in total. The zero-order valence-electron chi connectivity index (χ0n) is 6.22. The molecule has 58 valence electrons. The smallest absolute Gasteiger partial charge is 0.0890 e. The molecular weight excluding hydrogens is 128 g/mol. The Hall–Kier alpha value is -0.160. The molecule has 4 heteroatoms. The number of hydrogen-bond donors (Lipinski definition) is 3. The monoisotopic (exact) mass is 142 g/mol. The van der Waals surface area contributed by atoms with Crippen molar-refractivity contribution in [1.82, 2.24) is 21.5 Å². The summed E-state index contributed by atoms with van der Waals surface area (Å²) >= 11 is 0. The number of hydrazine groups is 3. The van der Waals surface area contributed by atoms with Gasteiger partial charge >= 0.3 is 0 Å². The summed E-state index contributed by atoms with van der Waals surface area (Å²) in [4.78, 5) is 0. The second kappa shape index (κ2) is 2.47. The van der Waals surface area contributed by atoms with Crippen LogP contribution in [0.15, 0.2) is 0 Å². The Balaban J connectivity index is 2.03. The first-order valence-electron chi connectivity index (χ1n) is 3.92. The van der Waals surface area contributed by atoms with Crippen LogP contribution in [0.3, 0.4) is 0 Å². The first-order chi connectivity index (χ1) is 4.88. The van der Waals surface area contributed by atoms with Crippen molar-refractivity contribution >= 4 is 0 Å². The summed E-state index contributed by atoms with van der Waals surface area (Å²) in [6.07, 6.45) is 4.37. The van der Waals surface area contributed by atoms with E-state index in [0.717, 1.165) is 0 Å². The van der Waals surface area contributed by atoms with Gasteiger partial charge in [0.05, 0.1) is 6.17 Å². The predicted octanol–water partition coefficient (Wildman–Crippen LogP) is -0.286. The maximum atomic E-state index is 3.15. The van der Waals surface area contributed by atoms with Gasteiger partial charge in [-0.2, -0.15) is 11.1 Å². The fourth-order valence-electron chi connectivity index (χ4n) is 1.70. The molecule has 0 radical (unpaired) electrons. The number of fused-ring (bicyclic) bond motifs is 1. The van der Waals surface area contributed by atoms with E-state index >= 15 is 0 Å². The Bertz CT molecular complexity index is 127. The van der Waals surface area contributed by atoms with Crippen LogP contribution >= 0.6 is 0 Å². The summed E-state index contributed by atoms with van der Waals surface area (Å²) in [5.41, 5.74) is 9.15. The quantitative estimate of drug-likeness (QED) is 0.435. The fourth-order valence-corrected chi connectivity index (χ4v) is 1.70. The summed E-state index contributed by atoms with van der Waals surface area (Å²) in [7, 11) is 0. The standard InChI is InChI=1S/C6H14N4/c1-5-3-2-4-6-7-8-9-10(5)6/h5-9H,2-4H2,1H3. The lowest BCUT2D eigenvalue weighted by atomic mass is 10.0. The first-order valence-corrected chi connectivity index (χ1v) is 3.92. The van der Waals surface area contributed by atoms with Crippen molar-refractivity contribution in [3.8, 4) is 0 Å². The Labute approximate surface area is 60.9 Å². The van der Waals surface area contributed by atoms with Crippen LogP contribution in [0.4, 0.5) is 0 Å². The number of rotatable bonds is 0. The third-order valence-corrected chi connectivity index (χ3v) is 2.33. The van der Waals surface area contributed by atoms with E-state index in [-0.39, 0.29) is 0 Å². The van der Waals surface area contributed by atoms with E-state index in [1.807, 2.05) is 0 Å². The summed E-state index contributed by atoms with van der Waals surface area (Å²) in [5, 5.41) is 2.24. The van der Waals surface area contributed by atoms with Gasteiger partial charge in [0.15, 0.2) is 0 Å². The highest BCUT2D eigenvalue weighted by Gasteiger charge is 2.30. The maximum Gasteiger partial charge on any atom is 0.0890 e. The molecule has 0 aromatic rings. The van der Waals surface area contributed by atoms with E-state index in [1.54, 1.807) is 0 Å². The highest BCUT2D eigenvalue weighted by Crippen LogP contribution is 2.19. The van der Waals surface area contributed by atoms with Crippen LogP contribution in [0.5, 0.6) is 0 Å². The minimum Gasteiger partial charge on any atom is -0.225 e. The predicted molar refractivity (Wildman–Crippen MR) is 38.3 cm³/mol. The summed E-state index contributed by atoms with van der Waals surface area (Å²) in [6, 6.07) is 0.654. The van der Waals surface area contributed by atoms with E-state index in [0.29, 0.717) is 12.2 Å². The molecule has 2 atom stereocenters. The van der Waals surface area contributed by atoms with Crippen LogP contribution in [0, 0.1) is 0 Å². The highest BCUT2D eigenvalue weighted by molar-refractivity contribution is 4.78. The van der Waals surface area contributed by atoms with Gasteiger partial charge in [-0.05, 0) is 26.2 Å². The van der Waals surface area contributed by atoms with Crippen molar-refractivity contribution in [2.24, 2.45) is 0 Å². The number of nitrogens with zero attached hydrogens (tertiary/aromatic N) is 1. The average molecular weight is 142 g/mol. The molecule has 0 spiro atoms. The van der Waals surface area contributed by atoms with Gasteiger partial charge in [-0.1, -0.05) is 0 Å². The summed E-state index contributed by atoms with van der Waals surface area (Å²) < 4.78 is 0. The Morgan fingerprint density at radius 2 is 2.30 bits per heavy atom. The van der Waals surface area contributed by atoms with E-state index in [4.69, 9.17) is 0 Å². The van der Waals surface area contributed by atoms with Gasteiger partial charge < -0.3 is 0 Å². The molecule has 0 aliphatic carbocycles. The highest BCUT2D eigenvalue weighted by atomic mass is 15.9. The van der Waals surface area contributed by atoms with Gasteiger partial charge in [-0.15, -0.1) is 0 Å². The Kier molecular flexibility index (Phi) is 1.61. The van der Waals surface area contributed by atoms with Gasteiger partial charge in [0.25, 0.3) is 0 Å². The topological polar surface area (TPSA) is 39.3 Å². The zero-order valence-corrected chi connectivity index (χ0v) is 6.22. The lowest BCUT2D eigenvalue weighted by molar-refractivity contribution is 0.0757. The molecular formula is C6H14N4. The molecule has 2 rings (SSSR count). The average Bonchev–Trinajstić information content (AvgIpc) is 2.36. The van der Waals surface area contributed by atoms with Crippen LogP contribution in [0.25, 0.3) is 0 Å². The molecule has 3 N–H and O–H groups in total. The molecule has 0 bridgehead atoms. The van der Waals surface area contributed by atoms with Crippen molar-refractivity contribution in [3.63, 3.8) is 0 Å². The van der Waals surface area contributed by atoms with Crippen molar-refractivity contribution in [3.05, 3.63) is 0 Å². The van der Waals surface area contributed by atoms with E-state index < -0.39 is 0 Å². The Morgan fingerprint density at radius 1 is 1.40 bits per heavy atom. The number of hydrogen-bond acceptors (Lipinski definition) is 4. The van der Waals surface area contributed by atoms with E-state index in [1.165, 1.54) is 19.3 Å². The lowest BCUT2D eigenvalue weighted by Gasteiger charge is -2.32. The van der Waals surface area contributed by atoms with Crippen molar-refractivity contribution in [1.29, 1.82) is 0 Å². The Morgan fingerprint density at radius 3 is 3.10 bits per heavy atom. The largest absolute Gasteiger partial charge is 0.225 e. The zero-order chi connectivity index (χ0) is 6.97. The third kappa shape index (κ3) is 0.932. The van der Waals surface area contributed by atoms with Crippen molar-refractivity contribution < 1.29 is 0 Å². The van der Waals surface area contributed by atoms with Crippen LogP contribution in [-0.4, -0.2) is 17.2 Å². The van der Waals surface area contributed by atoms with Gasteiger partial charge in [0.1, 0.15) is 0 Å². The minimum absolute atomic E-state index is 0.503. The van der Waals surface area contributed by atoms with Crippen molar-refractivity contribution in [2.45, 2.75) is 38.4 Å². The molecule has 2 aliphatic heterocycles. The van der Waals surface area contributed by atoms with E-state index in [9.17, 15) is 0 Å². The number of piperidine rings is 1. The number of nitrogens with one attached hydrogen (secondary N) is 3. The molecule has 0 amide bonds. The minimum atomic E-state index is 0.503. The van der Waals surface area contributed by atoms with Gasteiger partial charge in [0, 0.05) is 6.04 Å². The first kappa shape index (κ1) is 6.54. The fraction of sp³-hybridized carbons (Fsp3) is 1.00. The van der Waals surface area contributed by atoms with Crippen LogP contribution in [-0.2, 0) is 0 Å². The second-order valence-electron chi connectivity index (χ2n) is 3.08. The van der Waals surface area contributed by atoms with Crippen LogP contribution in [0.2, 0.25) is 0 Å². The van der Waals surface area contributed by atoms with Crippen molar-refractivity contribution in [2.75, 3.05) is 0 Å². The maximum absolute atomic E-state index is 3.15. The van der Waals surface area contributed by atoms with E-state index in [2.05, 4.69) is 28.4 Å². The summed E-state index contributed by atoms with van der Waals surface area (Å²) in [6.45, 7) is 2.24. The second-order valence-corrected chi connectivity index (χ2v) is 3.08. The van der Waals surface area contributed by atoms with Gasteiger partial charge in [0.2, 0.25) is 0 Å². The lowest BCUT2D eigenvalue weighted by Crippen LogP contribution is -2.48. The van der Waals surface area contributed by atoms with Gasteiger partial charge in [-0.25, -0.2) is 10.4 Å². The molecule has 2 aliphatic rings. The molecule has 2 unspecified atom stereocenters. The molecule has 0 aromatic heterocycles. The van der Waals surface area contributed by atoms with Crippen LogP contribution in [0.1, 0.15) is 26.2 Å². The van der Waals surface area contributed by atoms with Crippen LogP contribution < -0.4 is 16.5 Å². The SMILES string of the molecule is CC1CCCC2NNNN12. The summed E-state index contributed by atoms with van der Waals surface area (Å²) in [5.74, 6) is 0. The molecule has 2 heterocycles. The molecule has 2 saturated heterocycles. The molecule has 10 heavy (non-hydrogen) atoms. The normalized spacial score (nSPS) is 41.7.